The number of aromatic nitrogens is 6. The molecular weight excluding hydrogens is 817 g/mol. The smallest absolute Gasteiger partial charge is 0.186 e. The van der Waals surface area contributed by atoms with Gasteiger partial charge in [0.15, 0.2) is 19.7 Å². The normalized spacial score (nSPS) is 17.2. The van der Waals surface area contributed by atoms with Crippen LogP contribution in [0.2, 0.25) is 0 Å². The summed E-state index contributed by atoms with van der Waals surface area (Å²) < 4.78 is 47.8. The molecule has 8 heterocycles. The van der Waals surface area contributed by atoms with E-state index in [1.807, 2.05) is 24.5 Å². The number of sulfone groups is 2. The van der Waals surface area contributed by atoms with Crippen LogP contribution in [0, 0.1) is 22.7 Å². The molecule has 0 saturated carbocycles. The molecule has 2 atom stereocenters. The Balaban J connectivity index is 0.000000181. The first-order valence-electron chi connectivity index (χ1n) is 18.5. The number of hydrogen-bond acceptors (Lipinski definition) is 16. The van der Waals surface area contributed by atoms with Crippen LogP contribution in [0.3, 0.4) is 0 Å². The molecule has 2 saturated heterocycles. The van der Waals surface area contributed by atoms with E-state index in [1.165, 1.54) is 42.3 Å². The lowest BCUT2D eigenvalue weighted by Gasteiger charge is -2.33. The van der Waals surface area contributed by atoms with Crippen molar-refractivity contribution in [2.45, 2.75) is 52.6 Å². The van der Waals surface area contributed by atoms with Crippen molar-refractivity contribution in [2.75, 3.05) is 55.9 Å². The highest BCUT2D eigenvalue weighted by Gasteiger charge is 2.24. The molecule has 8 rings (SSSR count). The first-order valence-corrected chi connectivity index (χ1v) is 23.9. The van der Waals surface area contributed by atoms with Crippen molar-refractivity contribution in [3.8, 4) is 33.3 Å². The van der Waals surface area contributed by atoms with Crippen LogP contribution in [0.15, 0.2) is 70.4 Å². The zero-order valence-electron chi connectivity index (χ0n) is 32.0. The van der Waals surface area contributed by atoms with Crippen LogP contribution in [0.5, 0.6) is 0 Å². The summed E-state index contributed by atoms with van der Waals surface area (Å²) in [6.45, 7) is 7.72. The van der Waals surface area contributed by atoms with E-state index in [-0.39, 0.29) is 14.5 Å². The molecule has 0 unspecified atom stereocenters. The minimum atomic E-state index is -3.30. The first-order chi connectivity index (χ1) is 27.9. The Morgan fingerprint density at radius 1 is 0.845 bits per heavy atom. The van der Waals surface area contributed by atoms with Crippen LogP contribution in [0.25, 0.3) is 43.2 Å². The highest BCUT2D eigenvalue weighted by molar-refractivity contribution is 7.93. The third-order valence-electron chi connectivity index (χ3n) is 9.46. The number of thiazole rings is 2. The Bertz CT molecular complexity index is 2660. The summed E-state index contributed by atoms with van der Waals surface area (Å²) in [6, 6.07) is 8.41. The maximum absolute atomic E-state index is 11.9. The predicted octanol–water partition coefficient (Wildman–Crippen LogP) is 5.83. The number of likely N-dealkylation sites (tertiary alicyclic amines) is 1. The lowest BCUT2D eigenvalue weighted by Crippen LogP contribution is -2.42. The van der Waals surface area contributed by atoms with Crippen molar-refractivity contribution in [3.63, 3.8) is 0 Å². The number of nitriles is 2. The lowest BCUT2D eigenvalue weighted by atomic mass is 10.0. The molecule has 5 N–H and O–H groups in total. The molecule has 0 bridgehead atoms. The molecule has 304 valence electrons. The summed E-state index contributed by atoms with van der Waals surface area (Å²) in [7, 11) is -6.56. The summed E-state index contributed by atoms with van der Waals surface area (Å²) in [4.78, 5) is 26.2. The van der Waals surface area contributed by atoms with Crippen molar-refractivity contribution in [1.82, 2.24) is 40.1 Å². The van der Waals surface area contributed by atoms with Crippen LogP contribution < -0.4 is 16.0 Å². The lowest BCUT2D eigenvalue weighted by molar-refractivity contribution is 0.221. The number of anilines is 2. The zero-order valence-corrected chi connectivity index (χ0v) is 35.3. The molecule has 2 aliphatic rings. The van der Waals surface area contributed by atoms with Gasteiger partial charge in [0.2, 0.25) is 0 Å². The third-order valence-corrected chi connectivity index (χ3v) is 15.1. The topological polar surface area (TPSA) is 238 Å². The van der Waals surface area contributed by atoms with E-state index in [9.17, 15) is 16.8 Å². The number of piperidine rings is 2. The van der Waals surface area contributed by atoms with Gasteiger partial charge in [-0.15, -0.1) is 22.7 Å². The Labute approximate surface area is 345 Å². The zero-order chi connectivity index (χ0) is 41.3. The largest absolute Gasteiger partial charge is 0.380 e. The molecule has 20 heteroatoms. The number of allylic oxidation sites excluding steroid dienone is 1. The van der Waals surface area contributed by atoms with Crippen LogP contribution in [-0.4, -0.2) is 109 Å². The quantitative estimate of drug-likeness (QED) is 0.102. The molecule has 6 aromatic rings. The average molecular weight is 861 g/mol. The second-order valence-electron chi connectivity index (χ2n) is 13.8. The average Bonchev–Trinajstić information content (AvgIpc) is 4.05. The number of aromatic amines is 2. The van der Waals surface area contributed by atoms with Gasteiger partial charge in [0.1, 0.15) is 29.7 Å². The number of rotatable bonds is 10. The summed E-state index contributed by atoms with van der Waals surface area (Å²) in [5, 5.41) is 30.3. The van der Waals surface area contributed by atoms with Crippen LogP contribution in [-0.2, 0) is 19.7 Å². The predicted molar refractivity (Wildman–Crippen MR) is 229 cm³/mol. The molecule has 58 heavy (non-hydrogen) atoms. The van der Waals surface area contributed by atoms with Crippen molar-refractivity contribution in [2.24, 2.45) is 0 Å². The molecule has 2 fully saturated rings. The van der Waals surface area contributed by atoms with Gasteiger partial charge in [-0.25, -0.2) is 36.8 Å². The Morgan fingerprint density at radius 3 is 1.84 bits per heavy atom. The number of fused-ring (bicyclic) bond motifs is 2. The highest BCUT2D eigenvalue weighted by Crippen LogP contribution is 2.39. The maximum atomic E-state index is 11.9. The van der Waals surface area contributed by atoms with Crippen LogP contribution >= 0.6 is 22.7 Å². The molecule has 0 spiro atoms. The molecular formula is C38H44N12O4S4. The van der Waals surface area contributed by atoms with E-state index in [0.717, 1.165) is 114 Å². The highest BCUT2D eigenvalue weighted by atomic mass is 32.2. The SMILES string of the molecule is C=CC#N.CS(=O)(=O)c1cnc(-c2cnc3[nH]ccc3c2N[C@@H]2CCCN(CCC#N)C2)s1.CS(=O)(=O)c1cnc(-c2cnc3[nH]ccc3c2N[C@@H]2CCCNC2)s1. The van der Waals surface area contributed by atoms with E-state index in [1.54, 1.807) is 18.5 Å². The van der Waals surface area contributed by atoms with Gasteiger partial charge in [0, 0.05) is 92.3 Å². The number of nitrogens with one attached hydrogen (secondary N) is 5. The first kappa shape index (κ1) is 42.4. The van der Waals surface area contributed by atoms with Gasteiger partial charge < -0.3 is 30.8 Å². The fourth-order valence-corrected chi connectivity index (χ4v) is 10.2. The fourth-order valence-electron chi connectivity index (χ4n) is 6.73. The van der Waals surface area contributed by atoms with E-state index in [0.29, 0.717) is 22.5 Å². The molecule has 16 nitrogen and oxygen atoms in total. The second kappa shape index (κ2) is 19.0. The number of H-pyrrole nitrogens is 2. The van der Waals surface area contributed by atoms with Gasteiger partial charge in [-0.1, -0.05) is 6.58 Å². The number of pyridine rings is 2. The fraction of sp³-hybridized carbons (Fsp3) is 0.368. The van der Waals surface area contributed by atoms with E-state index in [2.05, 4.69) is 63.4 Å². The Kier molecular flexibility index (Phi) is 13.9. The second-order valence-corrected chi connectivity index (χ2v) is 20.3. The van der Waals surface area contributed by atoms with Crippen molar-refractivity contribution in [1.29, 1.82) is 10.5 Å². The summed E-state index contributed by atoms with van der Waals surface area (Å²) >= 11 is 2.33. The van der Waals surface area contributed by atoms with Gasteiger partial charge in [0.25, 0.3) is 0 Å². The minimum Gasteiger partial charge on any atom is -0.380 e. The van der Waals surface area contributed by atoms with E-state index < -0.39 is 19.7 Å². The van der Waals surface area contributed by atoms with Gasteiger partial charge >= 0.3 is 0 Å². The summed E-state index contributed by atoms with van der Waals surface area (Å²) in [6.07, 6.45) is 18.4. The Morgan fingerprint density at radius 2 is 1.38 bits per heavy atom. The number of nitrogens with zero attached hydrogens (tertiary/aromatic N) is 7. The third kappa shape index (κ3) is 10.4. The molecule has 0 radical (unpaired) electrons. The van der Waals surface area contributed by atoms with Crippen molar-refractivity contribution >= 4 is 75.8 Å². The maximum Gasteiger partial charge on any atom is 0.186 e. The summed E-state index contributed by atoms with van der Waals surface area (Å²) in [5.41, 5.74) is 5.07. The molecule has 0 aromatic carbocycles. The number of hydrogen-bond donors (Lipinski definition) is 5. The van der Waals surface area contributed by atoms with E-state index in [4.69, 9.17) is 10.5 Å². The molecule has 2 aliphatic heterocycles. The van der Waals surface area contributed by atoms with Crippen molar-refractivity contribution in [3.05, 3.63) is 62.0 Å². The van der Waals surface area contributed by atoms with E-state index >= 15 is 0 Å². The van der Waals surface area contributed by atoms with Gasteiger partial charge in [-0.2, -0.15) is 10.5 Å². The van der Waals surface area contributed by atoms with Gasteiger partial charge in [-0.05, 0) is 50.9 Å². The monoisotopic (exact) mass is 860 g/mol. The van der Waals surface area contributed by atoms with Gasteiger partial charge in [0.05, 0.1) is 47.0 Å². The minimum absolute atomic E-state index is 0.232. The van der Waals surface area contributed by atoms with Gasteiger partial charge in [-0.3, -0.25) is 0 Å². The Hall–Kier alpha value is -5.22. The molecule has 0 aliphatic carbocycles. The standard InChI is InChI=1S/C19H22N6O2S2.C16H19N5O2S2.C3H3N/c1-29(26,27)16-11-23-19(28-16)15-10-22-18-14(5-7-21-18)17(15)24-13-4-2-8-25(12-13)9-3-6-20;1-25(22,23)13-9-20-16(24-13)12-8-19-15-11(4-6-18-15)14(12)21-10-3-2-5-17-7-10;1-2-3-4/h5,7,10-11,13H,2-4,8-9,12H2,1H3,(H2,21,22,24);4,6,8-10,17H,2-3,5,7H2,1H3,(H2,18,19,21);2H,1H2/t13-;10-;/m11./s1. The van der Waals surface area contributed by atoms with Crippen LogP contribution in [0.1, 0.15) is 32.1 Å². The summed E-state index contributed by atoms with van der Waals surface area (Å²) in [5.74, 6) is 0. The van der Waals surface area contributed by atoms with Crippen LogP contribution in [0.4, 0.5) is 11.4 Å². The van der Waals surface area contributed by atoms with Crippen molar-refractivity contribution < 1.29 is 16.8 Å². The molecule has 0 amide bonds. The molecule has 6 aromatic heterocycles.